The molecular formula is C16H17Cl2NO3. The molecule has 0 atom stereocenters. The van der Waals surface area contributed by atoms with Gasteiger partial charge in [-0.05, 0) is 25.0 Å². The monoisotopic (exact) mass is 341 g/mol. The lowest BCUT2D eigenvalue weighted by Gasteiger charge is -2.41. The molecule has 4 rings (SSSR count). The maximum Gasteiger partial charge on any atom is 0.182 e. The van der Waals surface area contributed by atoms with Gasteiger partial charge in [-0.2, -0.15) is 0 Å². The van der Waals surface area contributed by atoms with Crippen molar-refractivity contribution in [3.05, 3.63) is 27.4 Å². The number of ketones is 1. The number of carbonyl (C=O) groups is 1. The van der Waals surface area contributed by atoms with Crippen LogP contribution in [-0.4, -0.2) is 38.0 Å². The number of piperidine rings is 3. The Balaban J connectivity index is 2.09. The second-order valence-electron chi connectivity index (χ2n) is 5.48. The molecule has 118 valence electrons. The van der Waals surface area contributed by atoms with Crippen molar-refractivity contribution in [2.75, 3.05) is 27.3 Å². The first-order valence-electron chi connectivity index (χ1n) is 7.17. The average molecular weight is 342 g/mol. The van der Waals surface area contributed by atoms with Gasteiger partial charge in [0.15, 0.2) is 11.5 Å². The Morgan fingerprint density at radius 1 is 1.18 bits per heavy atom. The maximum atomic E-state index is 12.4. The molecule has 3 aliphatic rings. The van der Waals surface area contributed by atoms with Crippen LogP contribution in [0.25, 0.3) is 6.08 Å². The topological polar surface area (TPSA) is 38.8 Å². The van der Waals surface area contributed by atoms with E-state index in [1.54, 1.807) is 6.07 Å². The maximum absolute atomic E-state index is 12.4. The van der Waals surface area contributed by atoms with E-state index in [1.165, 1.54) is 14.2 Å². The molecule has 3 saturated heterocycles. The second kappa shape index (κ2) is 6.01. The first kappa shape index (κ1) is 15.5. The number of hydrogen-bond donors (Lipinski definition) is 0. The number of hydrogen-bond acceptors (Lipinski definition) is 4. The van der Waals surface area contributed by atoms with E-state index in [1.807, 2.05) is 6.08 Å². The molecule has 4 nitrogen and oxygen atoms in total. The normalized spacial score (nSPS) is 19.9. The highest BCUT2D eigenvalue weighted by molar-refractivity contribution is 6.38. The van der Waals surface area contributed by atoms with Gasteiger partial charge in [-0.25, -0.2) is 0 Å². The molecule has 2 bridgehead atoms. The van der Waals surface area contributed by atoms with Gasteiger partial charge in [0.05, 0.1) is 24.9 Å². The molecule has 0 spiro atoms. The molecule has 3 fully saturated rings. The van der Waals surface area contributed by atoms with Crippen LogP contribution in [-0.2, 0) is 4.79 Å². The number of carbonyl (C=O) groups excluding carboxylic acids is 1. The summed E-state index contributed by atoms with van der Waals surface area (Å²) in [5, 5.41) is 0.705. The van der Waals surface area contributed by atoms with Crippen LogP contribution >= 0.6 is 23.2 Å². The van der Waals surface area contributed by atoms with Gasteiger partial charge >= 0.3 is 0 Å². The molecule has 0 unspecified atom stereocenters. The van der Waals surface area contributed by atoms with Crippen LogP contribution in [0.3, 0.4) is 0 Å². The third-order valence-electron chi connectivity index (χ3n) is 4.32. The van der Waals surface area contributed by atoms with Crippen LogP contribution in [0.15, 0.2) is 11.8 Å². The Kier molecular flexibility index (Phi) is 4.24. The molecule has 0 saturated carbocycles. The summed E-state index contributed by atoms with van der Waals surface area (Å²) in [6.45, 7) is 1.84. The lowest BCUT2D eigenvalue weighted by molar-refractivity contribution is -0.125. The summed E-state index contributed by atoms with van der Waals surface area (Å²) in [5.41, 5.74) is 1.41. The van der Waals surface area contributed by atoms with Crippen molar-refractivity contribution in [1.82, 2.24) is 4.90 Å². The van der Waals surface area contributed by atoms with Crippen molar-refractivity contribution in [3.63, 3.8) is 0 Å². The summed E-state index contributed by atoms with van der Waals surface area (Å²) in [7, 11) is 3.03. The second-order valence-corrected chi connectivity index (χ2v) is 6.27. The molecule has 0 aromatic heterocycles. The van der Waals surface area contributed by atoms with Crippen LogP contribution in [0.1, 0.15) is 18.4 Å². The van der Waals surface area contributed by atoms with Crippen LogP contribution in [0.2, 0.25) is 10.0 Å². The molecule has 6 heteroatoms. The average Bonchev–Trinajstić information content (AvgIpc) is 2.51. The Morgan fingerprint density at radius 3 is 2.36 bits per heavy atom. The predicted octanol–water partition coefficient (Wildman–Crippen LogP) is 3.65. The van der Waals surface area contributed by atoms with Crippen molar-refractivity contribution in [1.29, 1.82) is 0 Å². The van der Waals surface area contributed by atoms with Crippen molar-refractivity contribution >= 4 is 35.1 Å². The first-order valence-corrected chi connectivity index (χ1v) is 7.93. The van der Waals surface area contributed by atoms with Crippen LogP contribution in [0.5, 0.6) is 11.5 Å². The Hall–Kier alpha value is -1.39. The summed E-state index contributed by atoms with van der Waals surface area (Å²) in [6, 6.07) is 1.72. The number of halogens is 2. The van der Waals surface area contributed by atoms with Gasteiger partial charge in [-0.3, -0.25) is 4.79 Å². The zero-order valence-electron chi connectivity index (χ0n) is 12.5. The minimum atomic E-state index is 0.145. The Bertz CT molecular complexity index is 649. The van der Waals surface area contributed by atoms with Gasteiger partial charge in [0.2, 0.25) is 0 Å². The van der Waals surface area contributed by atoms with Gasteiger partial charge in [0.1, 0.15) is 10.8 Å². The summed E-state index contributed by atoms with van der Waals surface area (Å²) in [5.74, 6) is 1.18. The summed E-state index contributed by atoms with van der Waals surface area (Å²) in [6.07, 6.45) is 3.71. The molecule has 0 aliphatic carbocycles. The van der Waals surface area contributed by atoms with E-state index in [9.17, 15) is 4.79 Å². The predicted molar refractivity (Wildman–Crippen MR) is 86.8 cm³/mol. The number of methoxy groups -OCH3 is 2. The summed E-state index contributed by atoms with van der Waals surface area (Å²) in [4.78, 5) is 14.6. The summed E-state index contributed by atoms with van der Waals surface area (Å²) >= 11 is 12.5. The number of nitrogens with zero attached hydrogens (tertiary/aromatic N) is 1. The molecular weight excluding hydrogens is 325 g/mol. The minimum Gasteiger partial charge on any atom is -0.494 e. The van der Waals surface area contributed by atoms with Gasteiger partial charge < -0.3 is 14.4 Å². The Labute approximate surface area is 139 Å². The molecule has 0 amide bonds. The van der Waals surface area contributed by atoms with Crippen LogP contribution in [0, 0.1) is 5.92 Å². The van der Waals surface area contributed by atoms with E-state index in [4.69, 9.17) is 32.7 Å². The zero-order valence-corrected chi connectivity index (χ0v) is 14.0. The number of ether oxygens (including phenoxy) is 2. The molecule has 1 aromatic carbocycles. The number of fused-ring (bicyclic) bond motifs is 3. The fourth-order valence-electron chi connectivity index (χ4n) is 3.16. The van der Waals surface area contributed by atoms with E-state index in [0.29, 0.717) is 27.1 Å². The largest absolute Gasteiger partial charge is 0.494 e. The minimum absolute atomic E-state index is 0.145. The Morgan fingerprint density at radius 2 is 1.82 bits per heavy atom. The van der Waals surface area contributed by atoms with E-state index in [0.717, 1.165) is 31.6 Å². The standard InChI is InChI=1S/C16H17Cl2NO3/c1-21-15-10(7-11(17)16(22-2)13(15)18)8-12-14(20)9-3-5-19(12)6-4-9/h7-9H,3-6H2,1-2H3/b12-8-. The zero-order chi connectivity index (χ0) is 15.9. The highest BCUT2D eigenvalue weighted by atomic mass is 35.5. The van der Waals surface area contributed by atoms with Gasteiger partial charge in [-0.15, -0.1) is 0 Å². The highest BCUT2D eigenvalue weighted by Gasteiger charge is 2.36. The van der Waals surface area contributed by atoms with Crippen LogP contribution in [0.4, 0.5) is 0 Å². The van der Waals surface area contributed by atoms with E-state index >= 15 is 0 Å². The molecule has 3 heterocycles. The highest BCUT2D eigenvalue weighted by Crippen LogP contribution is 2.44. The fourth-order valence-corrected chi connectivity index (χ4v) is 3.86. The van der Waals surface area contributed by atoms with E-state index in [2.05, 4.69) is 4.90 Å². The molecule has 1 aromatic rings. The lowest BCUT2D eigenvalue weighted by Crippen LogP contribution is -2.45. The van der Waals surface area contributed by atoms with Crippen molar-refractivity contribution in [2.45, 2.75) is 12.8 Å². The third kappa shape index (κ3) is 2.44. The molecule has 0 N–H and O–H groups in total. The van der Waals surface area contributed by atoms with E-state index < -0.39 is 0 Å². The fraction of sp³-hybridized carbons (Fsp3) is 0.438. The van der Waals surface area contributed by atoms with Gasteiger partial charge in [-0.1, -0.05) is 23.2 Å². The first-order chi connectivity index (χ1) is 10.6. The van der Waals surface area contributed by atoms with Crippen molar-refractivity contribution < 1.29 is 14.3 Å². The number of Topliss-reactive ketones (excluding diaryl/α,β-unsaturated/α-hetero) is 1. The third-order valence-corrected chi connectivity index (χ3v) is 4.94. The molecule has 0 radical (unpaired) electrons. The molecule has 22 heavy (non-hydrogen) atoms. The SMILES string of the molecule is COc1c(Cl)cc(/C=C2/C(=O)C3CCN2CC3)c(OC)c1Cl. The van der Waals surface area contributed by atoms with Crippen molar-refractivity contribution in [2.24, 2.45) is 5.92 Å². The van der Waals surface area contributed by atoms with Crippen LogP contribution < -0.4 is 9.47 Å². The lowest BCUT2D eigenvalue weighted by atomic mass is 9.84. The smallest absolute Gasteiger partial charge is 0.182 e. The number of allylic oxidation sites excluding steroid dienone is 1. The van der Waals surface area contributed by atoms with Crippen molar-refractivity contribution in [3.8, 4) is 11.5 Å². The number of rotatable bonds is 3. The van der Waals surface area contributed by atoms with Gasteiger partial charge in [0.25, 0.3) is 0 Å². The number of benzene rings is 1. The quantitative estimate of drug-likeness (QED) is 0.786. The summed E-state index contributed by atoms with van der Waals surface area (Å²) < 4.78 is 10.6. The van der Waals surface area contributed by atoms with Gasteiger partial charge in [0, 0.05) is 24.6 Å². The van der Waals surface area contributed by atoms with E-state index in [-0.39, 0.29) is 11.7 Å². The molecule has 3 aliphatic heterocycles.